The van der Waals surface area contributed by atoms with Crippen LogP contribution in [0, 0.1) is 0 Å². The molecule has 0 aliphatic rings. The number of nitrogens with zero attached hydrogens (tertiary/aromatic N) is 1. The molecule has 172 valence electrons. The zero-order chi connectivity index (χ0) is 24.2. The number of carboxylic acids is 1. The van der Waals surface area contributed by atoms with Crippen LogP contribution in [0.1, 0.15) is 33.3 Å². The molecule has 7 nitrogen and oxygen atoms in total. The van der Waals surface area contributed by atoms with Crippen LogP contribution in [0.15, 0.2) is 82.1 Å². The van der Waals surface area contributed by atoms with Crippen molar-refractivity contribution in [1.29, 1.82) is 0 Å². The Hall–Kier alpha value is -3.75. The fourth-order valence-corrected chi connectivity index (χ4v) is 4.19. The van der Waals surface area contributed by atoms with Gasteiger partial charge in [-0.15, -0.1) is 0 Å². The second-order valence-corrected chi connectivity index (χ2v) is 8.45. The summed E-state index contributed by atoms with van der Waals surface area (Å²) < 4.78 is 2.02. The summed E-state index contributed by atoms with van der Waals surface area (Å²) in [5.41, 5.74) is 4.05. The highest BCUT2D eigenvalue weighted by molar-refractivity contribution is 9.10. The van der Waals surface area contributed by atoms with Crippen LogP contribution < -0.4 is 11.0 Å². The predicted octanol–water partition coefficient (Wildman–Crippen LogP) is 4.86. The number of hydrogen-bond acceptors (Lipinski definition) is 4. The summed E-state index contributed by atoms with van der Waals surface area (Å²) in [5.74, 6) is -1.59. The molecule has 0 atom stereocenters. The molecule has 0 saturated carbocycles. The first kappa shape index (κ1) is 23.4. The Bertz CT molecular complexity index is 1430. The van der Waals surface area contributed by atoms with Gasteiger partial charge in [0.15, 0.2) is 0 Å². The highest BCUT2D eigenvalue weighted by atomic mass is 79.9. The zero-order valence-corrected chi connectivity index (χ0v) is 19.8. The van der Waals surface area contributed by atoms with Gasteiger partial charge in [-0.25, -0.2) is 10.3 Å². The van der Waals surface area contributed by atoms with Crippen LogP contribution in [0.4, 0.5) is 0 Å². The third-order valence-electron chi connectivity index (χ3n) is 5.36. The Morgan fingerprint density at radius 3 is 2.35 bits per heavy atom. The molecule has 0 radical (unpaired) electrons. The molecule has 0 bridgehead atoms. The van der Waals surface area contributed by atoms with Gasteiger partial charge in [0.1, 0.15) is 5.69 Å². The summed E-state index contributed by atoms with van der Waals surface area (Å²) in [7, 11) is 0. The van der Waals surface area contributed by atoms with Crippen molar-refractivity contribution in [3.63, 3.8) is 0 Å². The van der Waals surface area contributed by atoms with E-state index in [0.717, 1.165) is 4.47 Å². The molecule has 8 heteroatoms. The number of carbonyl (C=O) groups excluding carboxylic acids is 1. The summed E-state index contributed by atoms with van der Waals surface area (Å²) in [5, 5.41) is 11.2. The molecule has 0 saturated heterocycles. The maximum absolute atomic E-state index is 13.5. The number of carboxylic acid groups (broad SMARTS) is 1. The molecule has 3 aromatic carbocycles. The lowest BCUT2D eigenvalue weighted by molar-refractivity contribution is 0.0364. The zero-order valence-electron chi connectivity index (χ0n) is 18.2. The number of benzene rings is 3. The van der Waals surface area contributed by atoms with Gasteiger partial charge in [-0.05, 0) is 53.8 Å². The second-order valence-electron chi connectivity index (χ2n) is 7.54. The molecule has 0 unspecified atom stereocenters. The first-order valence-corrected chi connectivity index (χ1v) is 11.4. The van der Waals surface area contributed by atoms with Crippen LogP contribution in [0.3, 0.4) is 0 Å². The normalized spacial score (nSPS) is 10.9. The standard InChI is InChI=1S/C26H21BrN2O5/c1-2-34-28-24(30)18-10-8-16(9-11-18)15-29-23(26(32)33)22(17-6-4-3-5-7-17)21-14-19(27)12-13-20(21)25(29)31/h3-14H,2,15H2,1H3,(H,28,30)(H,32,33). The summed E-state index contributed by atoms with van der Waals surface area (Å²) >= 11 is 3.43. The van der Waals surface area contributed by atoms with Gasteiger partial charge in [0.05, 0.1) is 13.2 Å². The van der Waals surface area contributed by atoms with Crippen molar-refractivity contribution < 1.29 is 19.5 Å². The van der Waals surface area contributed by atoms with Gasteiger partial charge < -0.3 is 5.11 Å². The Morgan fingerprint density at radius 1 is 1.00 bits per heavy atom. The average molecular weight is 521 g/mol. The Morgan fingerprint density at radius 2 is 1.71 bits per heavy atom. The molecular formula is C26H21BrN2O5. The van der Waals surface area contributed by atoms with Crippen molar-refractivity contribution in [1.82, 2.24) is 10.0 Å². The second kappa shape index (κ2) is 10.0. The minimum Gasteiger partial charge on any atom is -0.477 e. The van der Waals surface area contributed by atoms with Crippen molar-refractivity contribution in [2.75, 3.05) is 6.61 Å². The molecule has 4 aromatic rings. The summed E-state index contributed by atoms with van der Waals surface area (Å²) in [6, 6.07) is 20.9. The molecule has 0 spiro atoms. The first-order chi connectivity index (χ1) is 16.4. The number of rotatable bonds is 7. The van der Waals surface area contributed by atoms with Gasteiger partial charge in [-0.2, -0.15) is 0 Å². The molecular weight excluding hydrogens is 500 g/mol. The molecule has 0 aliphatic heterocycles. The van der Waals surface area contributed by atoms with E-state index in [1.165, 1.54) is 4.57 Å². The molecule has 4 rings (SSSR count). The number of halogens is 1. The minimum atomic E-state index is -1.20. The first-order valence-electron chi connectivity index (χ1n) is 10.6. The SMILES string of the molecule is CCONC(=O)c1ccc(Cn2c(C(=O)O)c(-c3ccccc3)c3cc(Br)ccc3c2=O)cc1. The smallest absolute Gasteiger partial charge is 0.353 e. The van der Waals surface area contributed by atoms with E-state index in [9.17, 15) is 19.5 Å². The highest BCUT2D eigenvalue weighted by Crippen LogP contribution is 2.32. The lowest BCUT2D eigenvalue weighted by Gasteiger charge is -2.18. The van der Waals surface area contributed by atoms with E-state index in [1.807, 2.05) is 30.3 Å². The highest BCUT2D eigenvalue weighted by Gasteiger charge is 2.23. The van der Waals surface area contributed by atoms with Gasteiger partial charge in [-0.3, -0.25) is 19.0 Å². The summed E-state index contributed by atoms with van der Waals surface area (Å²) in [6.07, 6.45) is 0. The molecule has 34 heavy (non-hydrogen) atoms. The largest absolute Gasteiger partial charge is 0.477 e. The summed E-state index contributed by atoms with van der Waals surface area (Å²) in [6.45, 7) is 2.12. The number of carbonyl (C=O) groups is 2. The van der Waals surface area contributed by atoms with Gasteiger partial charge in [0.2, 0.25) is 0 Å². The van der Waals surface area contributed by atoms with E-state index < -0.39 is 11.5 Å². The van der Waals surface area contributed by atoms with Crippen molar-refractivity contribution in [2.24, 2.45) is 0 Å². The summed E-state index contributed by atoms with van der Waals surface area (Å²) in [4.78, 5) is 42.9. The Balaban J connectivity index is 1.88. The quantitative estimate of drug-likeness (QED) is 0.339. The molecule has 0 aliphatic carbocycles. The number of pyridine rings is 1. The number of amides is 1. The van der Waals surface area contributed by atoms with Crippen LogP contribution in [0.5, 0.6) is 0 Å². The average Bonchev–Trinajstić information content (AvgIpc) is 2.84. The topological polar surface area (TPSA) is 97.6 Å². The van der Waals surface area contributed by atoms with E-state index in [2.05, 4.69) is 21.4 Å². The molecule has 0 fully saturated rings. The predicted molar refractivity (Wildman–Crippen MR) is 133 cm³/mol. The Labute approximate surface area is 203 Å². The van der Waals surface area contributed by atoms with Gasteiger partial charge in [0, 0.05) is 21.0 Å². The van der Waals surface area contributed by atoms with Crippen molar-refractivity contribution in [3.05, 3.63) is 104 Å². The molecule has 1 aromatic heterocycles. The van der Waals surface area contributed by atoms with E-state index >= 15 is 0 Å². The maximum Gasteiger partial charge on any atom is 0.353 e. The fourth-order valence-electron chi connectivity index (χ4n) is 3.83. The third kappa shape index (κ3) is 4.64. The molecule has 1 heterocycles. The number of fused-ring (bicyclic) bond motifs is 1. The van der Waals surface area contributed by atoms with E-state index in [1.54, 1.807) is 49.4 Å². The van der Waals surface area contributed by atoms with E-state index in [4.69, 9.17) is 4.84 Å². The number of aromatic nitrogens is 1. The number of nitrogens with one attached hydrogen (secondary N) is 1. The lowest BCUT2D eigenvalue weighted by Crippen LogP contribution is -2.28. The fraction of sp³-hybridized carbons (Fsp3) is 0.115. The molecule has 2 N–H and O–H groups in total. The van der Waals surface area contributed by atoms with E-state index in [-0.39, 0.29) is 18.1 Å². The van der Waals surface area contributed by atoms with Gasteiger partial charge in [0.25, 0.3) is 11.5 Å². The van der Waals surface area contributed by atoms with Crippen LogP contribution in [-0.2, 0) is 11.4 Å². The van der Waals surface area contributed by atoms with Crippen LogP contribution in [-0.4, -0.2) is 28.2 Å². The monoisotopic (exact) mass is 520 g/mol. The van der Waals surface area contributed by atoms with Crippen molar-refractivity contribution in [3.8, 4) is 11.1 Å². The minimum absolute atomic E-state index is 0.0274. The number of hydrogen-bond donors (Lipinski definition) is 2. The van der Waals surface area contributed by atoms with Crippen molar-refractivity contribution in [2.45, 2.75) is 13.5 Å². The number of hydroxylamine groups is 1. The van der Waals surface area contributed by atoms with Crippen LogP contribution >= 0.6 is 15.9 Å². The van der Waals surface area contributed by atoms with E-state index in [0.29, 0.717) is 39.6 Å². The van der Waals surface area contributed by atoms with Crippen molar-refractivity contribution >= 4 is 38.6 Å². The van der Waals surface area contributed by atoms with Gasteiger partial charge in [-0.1, -0.05) is 58.4 Å². The Kier molecular flexibility index (Phi) is 6.90. The lowest BCUT2D eigenvalue weighted by atomic mass is 9.96. The third-order valence-corrected chi connectivity index (χ3v) is 5.86. The number of aromatic carboxylic acids is 1. The van der Waals surface area contributed by atoms with Crippen LogP contribution in [0.25, 0.3) is 21.9 Å². The maximum atomic E-state index is 13.5. The van der Waals surface area contributed by atoms with Crippen LogP contribution in [0.2, 0.25) is 0 Å². The molecule has 1 amide bonds. The van der Waals surface area contributed by atoms with Gasteiger partial charge >= 0.3 is 5.97 Å².